The Labute approximate surface area is 328 Å². The molecule has 2 unspecified atom stereocenters. The smallest absolute Gasteiger partial charge is 0.312 e. The Morgan fingerprint density at radius 1 is 0.685 bits per heavy atom. The van der Waals surface area contributed by atoms with E-state index < -0.39 is 16.2 Å². The highest BCUT2D eigenvalue weighted by Gasteiger charge is 2.64. The molecule has 0 N–H and O–H groups in total. The third-order valence-electron chi connectivity index (χ3n) is 14.0. The van der Waals surface area contributed by atoms with Crippen molar-refractivity contribution in [3.63, 3.8) is 0 Å². The van der Waals surface area contributed by atoms with Crippen molar-refractivity contribution < 1.29 is 19.1 Å². The predicted octanol–water partition coefficient (Wildman–Crippen LogP) is 12.8. The number of methoxy groups -OCH3 is 1. The second-order valence-corrected chi connectivity index (χ2v) is 17.1. The van der Waals surface area contributed by atoms with Crippen molar-refractivity contribution >= 4 is 29.0 Å². The van der Waals surface area contributed by atoms with Crippen molar-refractivity contribution in [1.29, 1.82) is 5.26 Å². The maximum Gasteiger partial charge on any atom is 0.312 e. The van der Waals surface area contributed by atoms with E-state index in [1.54, 1.807) is 24.3 Å². The Morgan fingerprint density at radius 2 is 1.20 bits per heavy atom. The number of nitriles is 1. The molecule has 2 atom stereocenters. The van der Waals surface area contributed by atoms with Gasteiger partial charge in [0.15, 0.2) is 0 Å². The van der Waals surface area contributed by atoms with Crippen LogP contribution in [0.4, 0.5) is 17.1 Å². The number of rotatable bonds is 22. The fraction of sp³-hybridized carbons (Fsp3) is 0.674. The molecule has 0 saturated carbocycles. The summed E-state index contributed by atoms with van der Waals surface area (Å²) in [5, 5.41) is 17.7. The standard InChI is InChI=1S/C46H72N4O4/c1-15-41(8,9)33-44(13,39(51)53-14)46(19-5,20-6)45(17-3,18-4)34-43(12,42(10,11)16-2)40(52)54-31-30-50(21-7)38-28-26-37(27-29-38)49-48-36-24-22-35(32-47)23-25-36/h22-29H,15-21,30-31,33-34H2,1-14H3/b49-48+. The predicted molar refractivity (Wildman–Crippen MR) is 222 cm³/mol. The molecule has 0 aliphatic carbocycles. The minimum absolute atomic E-state index is 0.0710. The van der Waals surface area contributed by atoms with E-state index >= 15 is 0 Å². The number of anilines is 1. The molecule has 0 amide bonds. The number of hydrogen-bond donors (Lipinski definition) is 0. The summed E-state index contributed by atoms with van der Waals surface area (Å²) in [5.74, 6) is -0.329. The topological polar surface area (TPSA) is 104 Å². The molecule has 0 spiro atoms. The molecule has 0 heterocycles. The highest BCUT2D eigenvalue weighted by molar-refractivity contribution is 5.79. The summed E-state index contributed by atoms with van der Waals surface area (Å²) in [7, 11) is 1.52. The van der Waals surface area contributed by atoms with Gasteiger partial charge in [0.05, 0.1) is 47.5 Å². The van der Waals surface area contributed by atoms with Crippen LogP contribution in [0, 0.1) is 43.8 Å². The van der Waals surface area contributed by atoms with E-state index in [9.17, 15) is 9.59 Å². The molecule has 8 nitrogen and oxygen atoms in total. The molecular weight excluding hydrogens is 673 g/mol. The van der Waals surface area contributed by atoms with Gasteiger partial charge in [-0.2, -0.15) is 15.5 Å². The first kappa shape index (κ1) is 46.4. The first-order valence-corrected chi connectivity index (χ1v) is 20.4. The third kappa shape index (κ3) is 9.55. The van der Waals surface area contributed by atoms with Crippen LogP contribution in [0.5, 0.6) is 0 Å². The lowest BCUT2D eigenvalue weighted by atomic mass is 9.41. The molecule has 300 valence electrons. The summed E-state index contributed by atoms with van der Waals surface area (Å²) in [4.78, 5) is 31.1. The summed E-state index contributed by atoms with van der Waals surface area (Å²) in [6.45, 7) is 30.1. The van der Waals surface area contributed by atoms with E-state index in [2.05, 4.69) is 111 Å². The second kappa shape index (κ2) is 19.2. The number of carbonyl (C=O) groups is 2. The monoisotopic (exact) mass is 745 g/mol. The van der Waals surface area contributed by atoms with Gasteiger partial charge in [-0.15, -0.1) is 0 Å². The van der Waals surface area contributed by atoms with Gasteiger partial charge in [-0.05, 0) is 136 Å². The van der Waals surface area contributed by atoms with E-state index in [1.807, 2.05) is 24.3 Å². The molecule has 0 aliphatic rings. The van der Waals surface area contributed by atoms with Crippen LogP contribution in [-0.2, 0) is 19.1 Å². The van der Waals surface area contributed by atoms with Gasteiger partial charge in [0, 0.05) is 12.2 Å². The minimum atomic E-state index is -0.820. The molecular formula is C46H72N4O4. The fourth-order valence-electron chi connectivity index (χ4n) is 9.44. The van der Waals surface area contributed by atoms with Gasteiger partial charge in [-0.3, -0.25) is 9.59 Å². The summed E-state index contributed by atoms with van der Waals surface area (Å²) in [5.41, 5.74) is 0.177. The van der Waals surface area contributed by atoms with Gasteiger partial charge in [-0.1, -0.05) is 75.7 Å². The average molecular weight is 745 g/mol. The Hall–Kier alpha value is -3.73. The van der Waals surface area contributed by atoms with Crippen molar-refractivity contribution in [3.05, 3.63) is 54.1 Å². The molecule has 8 heteroatoms. The molecule has 0 saturated heterocycles. The molecule has 0 fully saturated rings. The molecule has 0 radical (unpaired) electrons. The number of azo groups is 1. The number of hydrogen-bond acceptors (Lipinski definition) is 8. The zero-order valence-electron chi connectivity index (χ0n) is 36.3. The molecule has 0 bridgehead atoms. The lowest BCUT2D eigenvalue weighted by Crippen LogP contribution is -2.59. The second-order valence-electron chi connectivity index (χ2n) is 17.1. The van der Waals surface area contributed by atoms with Gasteiger partial charge in [0.2, 0.25) is 0 Å². The summed E-state index contributed by atoms with van der Waals surface area (Å²) in [6, 6.07) is 16.9. The Bertz CT molecular complexity index is 1570. The van der Waals surface area contributed by atoms with Crippen LogP contribution < -0.4 is 4.90 Å². The average Bonchev–Trinajstić information content (AvgIpc) is 3.18. The van der Waals surface area contributed by atoms with E-state index in [0.29, 0.717) is 30.6 Å². The Morgan fingerprint density at radius 3 is 1.61 bits per heavy atom. The quantitative estimate of drug-likeness (QED) is 0.0878. The summed E-state index contributed by atoms with van der Waals surface area (Å²) < 4.78 is 12.0. The van der Waals surface area contributed by atoms with Gasteiger partial charge in [0.1, 0.15) is 6.61 Å². The van der Waals surface area contributed by atoms with Crippen molar-refractivity contribution in [3.8, 4) is 6.07 Å². The fourth-order valence-corrected chi connectivity index (χ4v) is 9.44. The Kier molecular flexibility index (Phi) is 16.5. The maximum absolute atomic E-state index is 14.7. The number of benzene rings is 2. The van der Waals surface area contributed by atoms with Crippen LogP contribution in [0.1, 0.15) is 147 Å². The normalized spacial score (nSPS) is 14.9. The minimum Gasteiger partial charge on any atom is -0.469 e. The number of esters is 2. The number of ether oxygens (including phenoxy) is 2. The highest BCUT2D eigenvalue weighted by atomic mass is 16.5. The van der Waals surface area contributed by atoms with E-state index in [-0.39, 0.29) is 34.8 Å². The zero-order chi connectivity index (χ0) is 41.0. The van der Waals surface area contributed by atoms with Crippen LogP contribution >= 0.6 is 0 Å². The summed E-state index contributed by atoms with van der Waals surface area (Å²) in [6.07, 6.45) is 6.35. The first-order chi connectivity index (χ1) is 25.3. The van der Waals surface area contributed by atoms with Gasteiger partial charge in [0.25, 0.3) is 0 Å². The van der Waals surface area contributed by atoms with Gasteiger partial charge < -0.3 is 14.4 Å². The maximum atomic E-state index is 14.7. The molecule has 2 rings (SSSR count). The van der Waals surface area contributed by atoms with Crippen LogP contribution in [-0.4, -0.2) is 38.7 Å². The van der Waals surface area contributed by atoms with Crippen LogP contribution in [0.25, 0.3) is 0 Å². The van der Waals surface area contributed by atoms with E-state index in [4.69, 9.17) is 14.7 Å². The third-order valence-corrected chi connectivity index (χ3v) is 14.0. The first-order valence-electron chi connectivity index (χ1n) is 20.4. The lowest BCUT2D eigenvalue weighted by Gasteiger charge is -2.62. The van der Waals surface area contributed by atoms with Gasteiger partial charge in [-0.25, -0.2) is 0 Å². The van der Waals surface area contributed by atoms with Crippen molar-refractivity contribution in [2.24, 2.45) is 42.7 Å². The van der Waals surface area contributed by atoms with Crippen molar-refractivity contribution in [1.82, 2.24) is 0 Å². The molecule has 2 aromatic carbocycles. The van der Waals surface area contributed by atoms with Crippen LogP contribution in [0.15, 0.2) is 58.8 Å². The highest BCUT2D eigenvalue weighted by Crippen LogP contribution is 2.67. The molecule has 0 aromatic heterocycles. The molecule has 0 aliphatic heterocycles. The lowest BCUT2D eigenvalue weighted by molar-refractivity contribution is -0.193. The number of nitrogens with zero attached hydrogens (tertiary/aromatic N) is 4. The van der Waals surface area contributed by atoms with E-state index in [1.165, 1.54) is 7.11 Å². The van der Waals surface area contributed by atoms with Crippen molar-refractivity contribution in [2.45, 2.75) is 141 Å². The van der Waals surface area contributed by atoms with Gasteiger partial charge >= 0.3 is 11.9 Å². The molecule has 54 heavy (non-hydrogen) atoms. The Balaban J connectivity index is 2.44. The molecule has 2 aromatic rings. The summed E-state index contributed by atoms with van der Waals surface area (Å²) >= 11 is 0. The zero-order valence-corrected chi connectivity index (χ0v) is 36.3. The SMILES string of the molecule is CCN(CCOC(=O)C(C)(CC(CC)(CC)C(CC)(CC)C(C)(CC(C)(C)CC)C(=O)OC)C(C)(C)CC)c1ccc(/N=N/c2ccc(C#N)cc2)cc1. The van der Waals surface area contributed by atoms with E-state index in [0.717, 1.165) is 56.4 Å². The van der Waals surface area contributed by atoms with Crippen molar-refractivity contribution in [2.75, 3.05) is 31.7 Å². The van der Waals surface area contributed by atoms with Crippen LogP contribution in [0.2, 0.25) is 0 Å². The largest absolute Gasteiger partial charge is 0.469 e. The number of likely N-dealkylation sites (N-methyl/N-ethyl adjacent to an activating group) is 1. The number of carbonyl (C=O) groups excluding carboxylic acids is 2. The van der Waals surface area contributed by atoms with Crippen LogP contribution in [0.3, 0.4) is 0 Å².